The van der Waals surface area contributed by atoms with Gasteiger partial charge >= 0.3 is 0 Å². The van der Waals surface area contributed by atoms with Crippen LogP contribution < -0.4 is 11.1 Å². The number of halogens is 1. The fourth-order valence-electron chi connectivity index (χ4n) is 1.52. The summed E-state index contributed by atoms with van der Waals surface area (Å²) in [5.41, 5.74) is 6.79. The number of carbonyl (C=O) groups excluding carboxylic acids is 1. The van der Waals surface area contributed by atoms with E-state index < -0.39 is 0 Å². The number of aliphatic hydroxyl groups excluding tert-OH is 1. The maximum atomic E-state index is 11.7. The molecular weight excluding hydrogens is 296 g/mol. The second-order valence-corrected chi connectivity index (χ2v) is 6.31. The van der Waals surface area contributed by atoms with Crippen molar-refractivity contribution < 1.29 is 9.90 Å². The Morgan fingerprint density at radius 3 is 2.95 bits per heavy atom. The van der Waals surface area contributed by atoms with E-state index in [-0.39, 0.29) is 12.5 Å². The zero-order chi connectivity index (χ0) is 15.0. The zero-order valence-electron chi connectivity index (χ0n) is 11.6. The van der Waals surface area contributed by atoms with Gasteiger partial charge in [0.05, 0.1) is 10.7 Å². The van der Waals surface area contributed by atoms with Crippen LogP contribution in [0.15, 0.2) is 18.2 Å². The Morgan fingerprint density at radius 2 is 2.30 bits per heavy atom. The number of thioether (sulfide) groups is 1. The van der Waals surface area contributed by atoms with Crippen LogP contribution in [0.4, 0.5) is 11.4 Å². The van der Waals surface area contributed by atoms with E-state index in [1.54, 1.807) is 30.0 Å². The molecule has 0 fully saturated rings. The fourth-order valence-corrected chi connectivity index (χ4v) is 2.66. The Morgan fingerprint density at radius 1 is 1.55 bits per heavy atom. The number of hydrogen-bond donors (Lipinski definition) is 3. The van der Waals surface area contributed by atoms with Gasteiger partial charge in [0.15, 0.2) is 0 Å². The molecule has 0 aromatic heterocycles. The standard InChI is InChI=1S/C14H21ClN2O2S/c1-10(8-18)9-20-6-2-3-14(19)17-11-4-5-12(15)13(16)7-11/h4-5,7,10,18H,2-3,6,8-9,16H2,1H3,(H,17,19). The molecule has 1 atom stereocenters. The summed E-state index contributed by atoms with van der Waals surface area (Å²) in [6.45, 7) is 2.22. The number of aliphatic hydroxyl groups is 1. The van der Waals surface area contributed by atoms with E-state index in [0.717, 1.165) is 17.9 Å². The van der Waals surface area contributed by atoms with E-state index in [1.807, 2.05) is 6.92 Å². The molecule has 6 heteroatoms. The summed E-state index contributed by atoms with van der Waals surface area (Å²) in [4.78, 5) is 11.7. The molecule has 4 nitrogen and oxygen atoms in total. The number of nitrogens with one attached hydrogen (secondary N) is 1. The molecule has 0 aliphatic carbocycles. The van der Waals surface area contributed by atoms with Crippen LogP contribution in [0.1, 0.15) is 19.8 Å². The lowest BCUT2D eigenvalue weighted by Gasteiger charge is -2.08. The highest BCUT2D eigenvalue weighted by atomic mass is 35.5. The van der Waals surface area contributed by atoms with Gasteiger partial charge in [-0.1, -0.05) is 18.5 Å². The number of hydrogen-bond acceptors (Lipinski definition) is 4. The first kappa shape index (κ1) is 17.1. The lowest BCUT2D eigenvalue weighted by Crippen LogP contribution is -2.12. The number of amides is 1. The van der Waals surface area contributed by atoms with E-state index in [0.29, 0.717) is 28.7 Å². The third kappa shape index (κ3) is 6.50. The molecule has 0 aliphatic heterocycles. The minimum absolute atomic E-state index is 0.0254. The maximum absolute atomic E-state index is 11.7. The van der Waals surface area contributed by atoms with Crippen LogP contribution in [0, 0.1) is 5.92 Å². The first-order valence-corrected chi connectivity index (χ1v) is 8.09. The molecule has 1 rings (SSSR count). The topological polar surface area (TPSA) is 75.3 Å². The van der Waals surface area contributed by atoms with Gasteiger partial charge in [0.2, 0.25) is 5.91 Å². The van der Waals surface area contributed by atoms with Gasteiger partial charge in [-0.25, -0.2) is 0 Å². The number of benzene rings is 1. The summed E-state index contributed by atoms with van der Waals surface area (Å²) in [7, 11) is 0. The van der Waals surface area contributed by atoms with Gasteiger partial charge in [-0.05, 0) is 42.0 Å². The SMILES string of the molecule is CC(CO)CSCCCC(=O)Nc1ccc(Cl)c(N)c1. The van der Waals surface area contributed by atoms with Gasteiger partial charge in [0.25, 0.3) is 0 Å². The van der Waals surface area contributed by atoms with Crippen LogP contribution >= 0.6 is 23.4 Å². The first-order chi connectivity index (χ1) is 9.52. The average molecular weight is 317 g/mol. The van der Waals surface area contributed by atoms with Crippen LogP contribution in [0.25, 0.3) is 0 Å². The van der Waals surface area contributed by atoms with Crippen molar-refractivity contribution in [2.45, 2.75) is 19.8 Å². The molecule has 0 saturated heterocycles. The molecule has 0 heterocycles. The van der Waals surface area contributed by atoms with E-state index in [4.69, 9.17) is 22.4 Å². The van der Waals surface area contributed by atoms with Gasteiger partial charge < -0.3 is 16.2 Å². The highest BCUT2D eigenvalue weighted by Gasteiger charge is 2.05. The number of nitrogen functional groups attached to an aromatic ring is 1. The third-order valence-electron chi connectivity index (χ3n) is 2.69. The normalized spacial score (nSPS) is 12.2. The molecular formula is C14H21ClN2O2S. The molecule has 0 saturated carbocycles. The van der Waals surface area contributed by atoms with Gasteiger partial charge in [-0.2, -0.15) is 11.8 Å². The summed E-state index contributed by atoms with van der Waals surface area (Å²) < 4.78 is 0. The van der Waals surface area contributed by atoms with Crippen molar-refractivity contribution in [3.05, 3.63) is 23.2 Å². The molecule has 4 N–H and O–H groups in total. The number of nitrogens with two attached hydrogens (primary N) is 1. The minimum atomic E-state index is -0.0254. The lowest BCUT2D eigenvalue weighted by atomic mass is 10.2. The predicted molar refractivity (Wildman–Crippen MR) is 87.3 cm³/mol. The Kier molecular flexibility index (Phi) is 7.80. The molecule has 1 aromatic rings. The van der Waals surface area contributed by atoms with Crippen molar-refractivity contribution in [3.8, 4) is 0 Å². The lowest BCUT2D eigenvalue weighted by molar-refractivity contribution is -0.116. The number of anilines is 2. The Labute approximate surface area is 129 Å². The van der Waals surface area contributed by atoms with Gasteiger partial charge in [0, 0.05) is 18.7 Å². The Hall–Kier alpha value is -0.910. The first-order valence-electron chi connectivity index (χ1n) is 6.56. The monoisotopic (exact) mass is 316 g/mol. The van der Waals surface area contributed by atoms with Crippen molar-refractivity contribution >= 4 is 40.6 Å². The van der Waals surface area contributed by atoms with Crippen LogP contribution in [0.5, 0.6) is 0 Å². The van der Waals surface area contributed by atoms with Crippen LogP contribution in [0.3, 0.4) is 0 Å². The fraction of sp³-hybridized carbons (Fsp3) is 0.500. The van der Waals surface area contributed by atoms with E-state index in [2.05, 4.69) is 5.32 Å². The van der Waals surface area contributed by atoms with Crippen molar-refractivity contribution in [1.82, 2.24) is 0 Å². The van der Waals surface area contributed by atoms with Crippen LogP contribution in [-0.2, 0) is 4.79 Å². The van der Waals surface area contributed by atoms with Crippen LogP contribution in [0.2, 0.25) is 5.02 Å². The van der Waals surface area contributed by atoms with Crippen molar-refractivity contribution in [2.75, 3.05) is 29.2 Å². The van der Waals surface area contributed by atoms with Crippen molar-refractivity contribution in [2.24, 2.45) is 5.92 Å². The predicted octanol–water partition coefficient (Wildman–Crippen LogP) is 3.00. The third-order valence-corrected chi connectivity index (χ3v) is 4.41. The van der Waals surface area contributed by atoms with Gasteiger partial charge in [0.1, 0.15) is 0 Å². The molecule has 0 radical (unpaired) electrons. The van der Waals surface area contributed by atoms with Gasteiger partial charge in [-0.15, -0.1) is 0 Å². The van der Waals surface area contributed by atoms with E-state index in [9.17, 15) is 4.79 Å². The summed E-state index contributed by atoms with van der Waals surface area (Å²) in [6.07, 6.45) is 1.29. The summed E-state index contributed by atoms with van der Waals surface area (Å²) in [5, 5.41) is 12.2. The van der Waals surface area contributed by atoms with Crippen LogP contribution in [-0.4, -0.2) is 29.1 Å². The molecule has 20 heavy (non-hydrogen) atoms. The molecule has 1 unspecified atom stereocenters. The molecule has 112 valence electrons. The molecule has 0 aliphatic rings. The Balaban J connectivity index is 2.21. The molecule has 0 spiro atoms. The zero-order valence-corrected chi connectivity index (χ0v) is 13.1. The second kappa shape index (κ2) is 9.10. The Bertz CT molecular complexity index is 443. The average Bonchev–Trinajstić information content (AvgIpc) is 2.42. The summed E-state index contributed by atoms with van der Waals surface area (Å²) in [6, 6.07) is 5.05. The second-order valence-electron chi connectivity index (χ2n) is 4.75. The maximum Gasteiger partial charge on any atom is 0.224 e. The van der Waals surface area contributed by atoms with E-state index >= 15 is 0 Å². The molecule has 1 amide bonds. The minimum Gasteiger partial charge on any atom is -0.397 e. The smallest absolute Gasteiger partial charge is 0.224 e. The number of rotatable bonds is 8. The highest BCUT2D eigenvalue weighted by molar-refractivity contribution is 7.99. The highest BCUT2D eigenvalue weighted by Crippen LogP contribution is 2.22. The summed E-state index contributed by atoms with van der Waals surface area (Å²) in [5.74, 6) is 2.13. The van der Waals surface area contributed by atoms with Crippen molar-refractivity contribution in [1.29, 1.82) is 0 Å². The quantitative estimate of drug-likeness (QED) is 0.509. The molecule has 1 aromatic carbocycles. The largest absolute Gasteiger partial charge is 0.397 e. The van der Waals surface area contributed by atoms with E-state index in [1.165, 1.54) is 0 Å². The number of carbonyl (C=O) groups is 1. The summed E-state index contributed by atoms with van der Waals surface area (Å²) >= 11 is 7.58. The molecule has 0 bridgehead atoms. The van der Waals surface area contributed by atoms with Crippen molar-refractivity contribution in [3.63, 3.8) is 0 Å². The van der Waals surface area contributed by atoms with Gasteiger partial charge in [-0.3, -0.25) is 4.79 Å².